The zero-order chi connectivity index (χ0) is 18.9. The van der Waals surface area contributed by atoms with Crippen molar-refractivity contribution in [2.75, 3.05) is 11.9 Å². The normalized spacial score (nSPS) is 10.3. The minimum atomic E-state index is -0.133. The smallest absolute Gasteiger partial charge is 0.227 e. The second-order valence-corrected chi connectivity index (χ2v) is 6.17. The Morgan fingerprint density at radius 2 is 1.81 bits per heavy atom. The molecule has 3 rings (SSSR count). The molecule has 2 aromatic carbocycles. The quantitative estimate of drug-likeness (QED) is 0.612. The molecule has 0 aliphatic heterocycles. The number of hydrogen-bond acceptors (Lipinski definition) is 4. The highest BCUT2D eigenvalue weighted by atomic mass is 35.5. The van der Waals surface area contributed by atoms with Gasteiger partial charge in [0.05, 0.1) is 18.7 Å². The van der Waals surface area contributed by atoms with Crippen molar-refractivity contribution in [1.29, 1.82) is 0 Å². The molecular weight excluding hydrogens is 364 g/mol. The van der Waals surface area contributed by atoms with Crippen LogP contribution in [0.25, 0.3) is 0 Å². The summed E-state index contributed by atoms with van der Waals surface area (Å²) < 4.78 is 11.2. The molecule has 0 spiro atoms. The monoisotopic (exact) mass is 382 g/mol. The summed E-state index contributed by atoms with van der Waals surface area (Å²) in [4.78, 5) is 16.3. The lowest BCUT2D eigenvalue weighted by molar-refractivity contribution is -0.116. The number of anilines is 1. The van der Waals surface area contributed by atoms with Gasteiger partial charge in [0.25, 0.3) is 0 Å². The molecule has 3 aromatic rings. The highest BCUT2D eigenvalue weighted by molar-refractivity contribution is 6.30. The molecule has 1 heterocycles. The minimum absolute atomic E-state index is 0.133. The van der Waals surface area contributed by atoms with Gasteiger partial charge in [-0.2, -0.15) is 0 Å². The summed E-state index contributed by atoms with van der Waals surface area (Å²) in [7, 11) is 0. The van der Waals surface area contributed by atoms with Gasteiger partial charge in [0.15, 0.2) is 0 Å². The highest BCUT2D eigenvalue weighted by Crippen LogP contribution is 2.19. The van der Waals surface area contributed by atoms with Gasteiger partial charge >= 0.3 is 0 Å². The number of rotatable bonds is 8. The number of ether oxygens (including phenoxy) is 2. The Labute approximate surface area is 162 Å². The topological polar surface area (TPSA) is 60.5 Å². The molecule has 0 radical (unpaired) electrons. The van der Waals surface area contributed by atoms with Gasteiger partial charge in [-0.15, -0.1) is 0 Å². The second kappa shape index (κ2) is 9.59. The number of nitrogens with zero attached hydrogens (tertiary/aromatic N) is 1. The molecule has 1 aromatic heterocycles. The van der Waals surface area contributed by atoms with Gasteiger partial charge in [-0.3, -0.25) is 9.78 Å². The van der Waals surface area contributed by atoms with Crippen LogP contribution < -0.4 is 14.8 Å². The summed E-state index contributed by atoms with van der Waals surface area (Å²) in [6, 6.07) is 19.9. The first-order valence-electron chi connectivity index (χ1n) is 8.50. The van der Waals surface area contributed by atoms with Gasteiger partial charge in [0.1, 0.15) is 18.1 Å². The number of halogens is 1. The molecule has 0 aliphatic rings. The van der Waals surface area contributed by atoms with E-state index >= 15 is 0 Å². The van der Waals surface area contributed by atoms with Crippen LogP contribution in [0.1, 0.15) is 12.1 Å². The zero-order valence-corrected chi connectivity index (χ0v) is 15.4. The van der Waals surface area contributed by atoms with Crippen molar-refractivity contribution in [3.05, 3.63) is 83.6 Å². The van der Waals surface area contributed by atoms with E-state index in [9.17, 15) is 4.79 Å². The van der Waals surface area contributed by atoms with Crippen LogP contribution in [-0.2, 0) is 11.4 Å². The lowest BCUT2D eigenvalue weighted by atomic mass is 10.3. The summed E-state index contributed by atoms with van der Waals surface area (Å²) in [6.07, 6.45) is 1.96. The van der Waals surface area contributed by atoms with Crippen LogP contribution in [0.5, 0.6) is 11.5 Å². The molecule has 0 unspecified atom stereocenters. The van der Waals surface area contributed by atoms with Crippen molar-refractivity contribution in [1.82, 2.24) is 4.98 Å². The Bertz CT molecular complexity index is 870. The molecule has 0 saturated carbocycles. The zero-order valence-electron chi connectivity index (χ0n) is 14.6. The minimum Gasteiger partial charge on any atom is -0.493 e. The number of nitrogens with one attached hydrogen (secondary N) is 1. The summed E-state index contributed by atoms with van der Waals surface area (Å²) in [6.45, 7) is 0.649. The van der Waals surface area contributed by atoms with Crippen LogP contribution in [0, 0.1) is 0 Å². The van der Waals surface area contributed by atoms with E-state index in [1.807, 2.05) is 36.4 Å². The predicted octanol–water partition coefficient (Wildman–Crippen LogP) is 4.72. The van der Waals surface area contributed by atoms with Crippen molar-refractivity contribution in [3.63, 3.8) is 0 Å². The average molecular weight is 383 g/mol. The number of carbonyl (C=O) groups excluding carboxylic acids is 1. The first-order valence-corrected chi connectivity index (χ1v) is 8.88. The Morgan fingerprint density at radius 3 is 2.59 bits per heavy atom. The van der Waals surface area contributed by atoms with Gasteiger partial charge in [-0.25, -0.2) is 0 Å². The average Bonchev–Trinajstić information content (AvgIpc) is 2.69. The maximum absolute atomic E-state index is 12.1. The lowest BCUT2D eigenvalue weighted by Gasteiger charge is -2.10. The van der Waals surface area contributed by atoms with E-state index in [1.165, 1.54) is 0 Å². The number of hydrogen-bond donors (Lipinski definition) is 1. The van der Waals surface area contributed by atoms with Crippen LogP contribution >= 0.6 is 11.6 Å². The molecule has 0 aliphatic carbocycles. The van der Waals surface area contributed by atoms with Gasteiger partial charge in [-0.05, 0) is 48.5 Å². The Morgan fingerprint density at radius 1 is 0.963 bits per heavy atom. The molecule has 1 amide bonds. The van der Waals surface area contributed by atoms with Crippen molar-refractivity contribution >= 4 is 23.2 Å². The van der Waals surface area contributed by atoms with Gasteiger partial charge in [0, 0.05) is 23.0 Å². The fourth-order valence-electron chi connectivity index (χ4n) is 2.32. The molecule has 0 bridgehead atoms. The third-order valence-electron chi connectivity index (χ3n) is 3.64. The number of pyridine rings is 1. The summed E-state index contributed by atoms with van der Waals surface area (Å²) in [5.41, 5.74) is 1.51. The molecule has 138 valence electrons. The fraction of sp³-hybridized carbons (Fsp3) is 0.143. The van der Waals surface area contributed by atoms with E-state index < -0.39 is 0 Å². The Hall–Kier alpha value is -3.05. The Balaban J connectivity index is 1.45. The number of aromatic nitrogens is 1. The molecule has 0 atom stereocenters. The lowest BCUT2D eigenvalue weighted by Crippen LogP contribution is -2.15. The molecule has 0 saturated heterocycles. The first-order chi connectivity index (χ1) is 13.2. The van der Waals surface area contributed by atoms with Crippen LogP contribution in [0.4, 0.5) is 5.69 Å². The number of amides is 1. The van der Waals surface area contributed by atoms with Gasteiger partial charge in [0.2, 0.25) is 5.91 Å². The number of carbonyl (C=O) groups is 1. The molecule has 0 fully saturated rings. The SMILES string of the molecule is O=C(CCOc1ccc(Cl)cc1)Nc1cccc(OCc2ccccn2)c1. The third kappa shape index (κ3) is 6.31. The molecule has 5 nitrogen and oxygen atoms in total. The summed E-state index contributed by atoms with van der Waals surface area (Å²) in [5, 5.41) is 3.48. The van der Waals surface area contributed by atoms with Gasteiger partial charge in [-0.1, -0.05) is 23.7 Å². The van der Waals surface area contributed by atoms with Crippen molar-refractivity contribution in [2.45, 2.75) is 13.0 Å². The third-order valence-corrected chi connectivity index (χ3v) is 3.89. The van der Waals surface area contributed by atoms with E-state index in [4.69, 9.17) is 21.1 Å². The van der Waals surface area contributed by atoms with E-state index in [1.54, 1.807) is 36.5 Å². The van der Waals surface area contributed by atoms with Crippen LogP contribution in [0.15, 0.2) is 72.9 Å². The van der Waals surface area contributed by atoms with Crippen LogP contribution in [-0.4, -0.2) is 17.5 Å². The van der Waals surface area contributed by atoms with Crippen molar-refractivity contribution in [3.8, 4) is 11.5 Å². The number of benzene rings is 2. The van der Waals surface area contributed by atoms with Crippen LogP contribution in [0.3, 0.4) is 0 Å². The summed E-state index contributed by atoms with van der Waals surface area (Å²) in [5.74, 6) is 1.21. The maximum Gasteiger partial charge on any atom is 0.227 e. The predicted molar refractivity (Wildman–Crippen MR) is 105 cm³/mol. The first kappa shape index (κ1) is 18.7. The highest BCUT2D eigenvalue weighted by Gasteiger charge is 2.05. The molecule has 27 heavy (non-hydrogen) atoms. The van der Waals surface area contributed by atoms with E-state index in [2.05, 4.69) is 10.3 Å². The summed E-state index contributed by atoms with van der Waals surface area (Å²) >= 11 is 5.82. The Kier molecular flexibility index (Phi) is 6.66. The van der Waals surface area contributed by atoms with Gasteiger partial charge < -0.3 is 14.8 Å². The standard InChI is InChI=1S/C21H19ClN2O3/c22-16-7-9-19(10-8-16)26-13-11-21(25)24-17-5-3-6-20(14-17)27-15-18-4-1-2-12-23-18/h1-10,12,14H,11,13,15H2,(H,24,25). The fourth-order valence-corrected chi connectivity index (χ4v) is 2.45. The van der Waals surface area contributed by atoms with E-state index in [0.717, 1.165) is 5.69 Å². The largest absolute Gasteiger partial charge is 0.493 e. The molecular formula is C21H19ClN2O3. The maximum atomic E-state index is 12.1. The second-order valence-electron chi connectivity index (χ2n) is 5.74. The molecule has 1 N–H and O–H groups in total. The van der Waals surface area contributed by atoms with E-state index in [0.29, 0.717) is 28.8 Å². The van der Waals surface area contributed by atoms with Crippen molar-refractivity contribution in [2.24, 2.45) is 0 Å². The van der Waals surface area contributed by atoms with E-state index in [-0.39, 0.29) is 18.9 Å². The van der Waals surface area contributed by atoms with Crippen LogP contribution in [0.2, 0.25) is 5.02 Å². The molecule has 6 heteroatoms. The van der Waals surface area contributed by atoms with Crippen molar-refractivity contribution < 1.29 is 14.3 Å².